The lowest BCUT2D eigenvalue weighted by molar-refractivity contribution is 0.00541. The molecule has 3 heteroatoms. The predicted molar refractivity (Wildman–Crippen MR) is 71.7 cm³/mol. The van der Waals surface area contributed by atoms with E-state index in [1.165, 1.54) is 6.26 Å². The van der Waals surface area contributed by atoms with Crippen LogP contribution in [0.25, 0.3) is 0 Å². The second-order valence-corrected chi connectivity index (χ2v) is 6.27. The Labute approximate surface area is 110 Å². The minimum atomic E-state index is -0.980. The van der Waals surface area contributed by atoms with Gasteiger partial charge in [-0.05, 0) is 43.9 Å². The van der Waals surface area contributed by atoms with Crippen LogP contribution in [0.4, 0.5) is 0 Å². The van der Waals surface area contributed by atoms with Crippen molar-refractivity contribution >= 4 is 0 Å². The molecule has 3 nitrogen and oxygen atoms in total. The highest BCUT2D eigenvalue weighted by Crippen LogP contribution is 2.43. The Kier molecular flexibility index (Phi) is 4.81. The summed E-state index contributed by atoms with van der Waals surface area (Å²) < 4.78 is 5.15. The monoisotopic (exact) mass is 251 g/mol. The van der Waals surface area contributed by atoms with Crippen LogP contribution in [0.3, 0.4) is 0 Å². The van der Waals surface area contributed by atoms with Gasteiger partial charge in [0.1, 0.15) is 11.7 Å². The van der Waals surface area contributed by atoms with E-state index in [-0.39, 0.29) is 5.41 Å². The Morgan fingerprint density at radius 2 is 2.00 bits per heavy atom. The maximum Gasteiger partial charge on any atom is 0.103 e. The lowest BCUT2D eigenvalue weighted by atomic mass is 9.67. The Balaban J connectivity index is 2.72. The summed E-state index contributed by atoms with van der Waals surface area (Å²) >= 11 is 0. The van der Waals surface area contributed by atoms with Gasteiger partial charge in [-0.2, -0.15) is 5.26 Å². The number of rotatable bonds is 3. The van der Waals surface area contributed by atoms with Gasteiger partial charge in [-0.1, -0.05) is 20.8 Å². The first kappa shape index (κ1) is 15.0. The molecular weight excluding hydrogens is 226 g/mol. The van der Waals surface area contributed by atoms with Gasteiger partial charge in [0.2, 0.25) is 0 Å². The summed E-state index contributed by atoms with van der Waals surface area (Å²) in [5.74, 6) is 0.616. The Hall–Kier alpha value is -1.01. The molecule has 0 aromatic heterocycles. The van der Waals surface area contributed by atoms with E-state index in [1.807, 2.05) is 6.92 Å². The molecule has 1 rings (SSSR count). The Morgan fingerprint density at radius 1 is 1.44 bits per heavy atom. The van der Waals surface area contributed by atoms with Gasteiger partial charge in [0.05, 0.1) is 18.4 Å². The SMILES string of the molecule is CCO/C=C(\C#N)C1(O)CCC(C(C)(C)C)CC1. The van der Waals surface area contributed by atoms with Crippen LogP contribution in [0.15, 0.2) is 11.8 Å². The predicted octanol–water partition coefficient (Wildman–Crippen LogP) is 3.40. The molecule has 0 radical (unpaired) electrons. The first-order valence-electron chi connectivity index (χ1n) is 6.78. The van der Waals surface area contributed by atoms with Crippen LogP contribution < -0.4 is 0 Å². The van der Waals surface area contributed by atoms with E-state index in [0.717, 1.165) is 12.8 Å². The van der Waals surface area contributed by atoms with Crippen molar-refractivity contribution < 1.29 is 9.84 Å². The molecule has 0 saturated heterocycles. The average molecular weight is 251 g/mol. The number of hydrogen-bond acceptors (Lipinski definition) is 3. The molecular formula is C15H25NO2. The number of aliphatic hydroxyl groups is 1. The van der Waals surface area contributed by atoms with Gasteiger partial charge in [0.25, 0.3) is 0 Å². The second kappa shape index (κ2) is 5.75. The van der Waals surface area contributed by atoms with Crippen LogP contribution in [0, 0.1) is 22.7 Å². The summed E-state index contributed by atoms with van der Waals surface area (Å²) in [7, 11) is 0. The van der Waals surface area contributed by atoms with Crippen molar-refractivity contribution in [3.8, 4) is 6.07 Å². The average Bonchev–Trinajstić information content (AvgIpc) is 2.29. The molecule has 1 N–H and O–H groups in total. The highest BCUT2D eigenvalue weighted by atomic mass is 16.5. The van der Waals surface area contributed by atoms with E-state index in [2.05, 4.69) is 26.8 Å². The van der Waals surface area contributed by atoms with Gasteiger partial charge in [0.15, 0.2) is 0 Å². The lowest BCUT2D eigenvalue weighted by Crippen LogP contribution is -2.38. The normalized spacial score (nSPS) is 29.8. The van der Waals surface area contributed by atoms with Crippen molar-refractivity contribution in [2.45, 2.75) is 59.0 Å². The smallest absolute Gasteiger partial charge is 0.103 e. The molecule has 18 heavy (non-hydrogen) atoms. The van der Waals surface area contributed by atoms with Gasteiger partial charge in [-0.3, -0.25) is 0 Å². The molecule has 0 aliphatic heterocycles. The van der Waals surface area contributed by atoms with Crippen LogP contribution in [0.2, 0.25) is 0 Å². The molecule has 0 aromatic rings. The van der Waals surface area contributed by atoms with Crippen molar-refractivity contribution in [3.63, 3.8) is 0 Å². The number of ether oxygens (including phenoxy) is 1. The quantitative estimate of drug-likeness (QED) is 0.618. The largest absolute Gasteiger partial charge is 0.500 e. The molecule has 1 aliphatic rings. The van der Waals surface area contributed by atoms with Crippen LogP contribution in [0.1, 0.15) is 53.4 Å². The fraction of sp³-hybridized carbons (Fsp3) is 0.800. The zero-order chi connectivity index (χ0) is 13.8. The molecule has 1 fully saturated rings. The minimum Gasteiger partial charge on any atom is -0.500 e. The fourth-order valence-electron chi connectivity index (χ4n) is 2.64. The number of nitriles is 1. The van der Waals surface area contributed by atoms with Crippen LogP contribution >= 0.6 is 0 Å². The van der Waals surface area contributed by atoms with E-state index in [0.29, 0.717) is 30.9 Å². The van der Waals surface area contributed by atoms with E-state index in [4.69, 9.17) is 10.00 Å². The molecule has 0 aromatic carbocycles. The molecule has 1 aliphatic carbocycles. The van der Waals surface area contributed by atoms with E-state index >= 15 is 0 Å². The number of nitrogens with zero attached hydrogens (tertiary/aromatic N) is 1. The highest BCUT2D eigenvalue weighted by molar-refractivity contribution is 5.30. The van der Waals surface area contributed by atoms with Gasteiger partial charge >= 0.3 is 0 Å². The maximum atomic E-state index is 10.6. The first-order chi connectivity index (χ1) is 8.33. The van der Waals surface area contributed by atoms with Gasteiger partial charge < -0.3 is 9.84 Å². The summed E-state index contributed by atoms with van der Waals surface area (Å²) in [6.45, 7) is 9.10. The van der Waals surface area contributed by atoms with Crippen molar-refractivity contribution in [2.75, 3.05) is 6.61 Å². The lowest BCUT2D eigenvalue weighted by Gasteiger charge is -2.40. The zero-order valence-corrected chi connectivity index (χ0v) is 12.0. The van der Waals surface area contributed by atoms with Crippen molar-refractivity contribution in [3.05, 3.63) is 11.8 Å². The van der Waals surface area contributed by atoms with Gasteiger partial charge in [-0.25, -0.2) is 0 Å². The molecule has 0 spiro atoms. The molecule has 0 unspecified atom stereocenters. The van der Waals surface area contributed by atoms with Crippen LogP contribution in [0.5, 0.6) is 0 Å². The van der Waals surface area contributed by atoms with Crippen molar-refractivity contribution in [2.24, 2.45) is 11.3 Å². The Bertz CT molecular complexity index is 338. The summed E-state index contributed by atoms with van der Waals surface area (Å²) in [6.07, 6.45) is 4.66. The third kappa shape index (κ3) is 3.49. The molecule has 1 saturated carbocycles. The zero-order valence-electron chi connectivity index (χ0n) is 12.0. The van der Waals surface area contributed by atoms with E-state index < -0.39 is 5.60 Å². The van der Waals surface area contributed by atoms with Gasteiger partial charge in [-0.15, -0.1) is 0 Å². The maximum absolute atomic E-state index is 10.6. The highest BCUT2D eigenvalue weighted by Gasteiger charge is 2.40. The van der Waals surface area contributed by atoms with E-state index in [9.17, 15) is 5.11 Å². The third-order valence-electron chi connectivity index (χ3n) is 4.03. The van der Waals surface area contributed by atoms with E-state index in [1.54, 1.807) is 0 Å². The number of hydrogen-bond donors (Lipinski definition) is 1. The molecule has 0 bridgehead atoms. The summed E-state index contributed by atoms with van der Waals surface area (Å²) in [5.41, 5.74) is -0.333. The van der Waals surface area contributed by atoms with Gasteiger partial charge in [0, 0.05) is 0 Å². The Morgan fingerprint density at radius 3 is 2.39 bits per heavy atom. The molecule has 102 valence electrons. The fourth-order valence-corrected chi connectivity index (χ4v) is 2.64. The topological polar surface area (TPSA) is 53.2 Å². The third-order valence-corrected chi connectivity index (χ3v) is 4.03. The minimum absolute atomic E-state index is 0.276. The standard InChI is InChI=1S/C15H25NO2/c1-5-18-11-13(10-16)15(17)8-6-12(7-9-15)14(2,3)4/h11-12,17H,5-9H2,1-4H3/b13-11+. The summed E-state index contributed by atoms with van der Waals surface area (Å²) in [5, 5.41) is 19.7. The summed E-state index contributed by atoms with van der Waals surface area (Å²) in [6, 6.07) is 2.09. The summed E-state index contributed by atoms with van der Waals surface area (Å²) in [4.78, 5) is 0. The van der Waals surface area contributed by atoms with Crippen LogP contribution in [-0.4, -0.2) is 17.3 Å². The second-order valence-electron chi connectivity index (χ2n) is 6.27. The van der Waals surface area contributed by atoms with Crippen LogP contribution in [-0.2, 0) is 4.74 Å². The molecule has 0 amide bonds. The molecule has 0 atom stereocenters. The first-order valence-corrected chi connectivity index (χ1v) is 6.78. The van der Waals surface area contributed by atoms with Crippen molar-refractivity contribution in [1.29, 1.82) is 5.26 Å². The van der Waals surface area contributed by atoms with Crippen molar-refractivity contribution in [1.82, 2.24) is 0 Å². The molecule has 0 heterocycles.